The van der Waals surface area contributed by atoms with Crippen molar-refractivity contribution in [2.75, 3.05) is 19.6 Å². The van der Waals surface area contributed by atoms with Crippen LogP contribution in [0.2, 0.25) is 0 Å². The highest BCUT2D eigenvalue weighted by Crippen LogP contribution is 2.21. The molecule has 3 nitrogen and oxygen atoms in total. The van der Waals surface area contributed by atoms with Crippen LogP contribution in [-0.4, -0.2) is 30.6 Å². The van der Waals surface area contributed by atoms with Crippen LogP contribution in [-0.2, 0) is 0 Å². The largest absolute Gasteiger partial charge is 0.330 e. The van der Waals surface area contributed by atoms with Crippen molar-refractivity contribution in [3.63, 3.8) is 0 Å². The molecular formula is C12H23N3. The third-order valence-corrected chi connectivity index (χ3v) is 3.43. The van der Waals surface area contributed by atoms with Gasteiger partial charge in [0.25, 0.3) is 0 Å². The van der Waals surface area contributed by atoms with Gasteiger partial charge in [-0.25, -0.2) is 0 Å². The second-order valence-electron chi connectivity index (χ2n) is 4.64. The van der Waals surface area contributed by atoms with E-state index in [4.69, 9.17) is 11.0 Å². The van der Waals surface area contributed by atoms with Crippen LogP contribution in [0.15, 0.2) is 0 Å². The van der Waals surface area contributed by atoms with Gasteiger partial charge in [-0.3, -0.25) is 0 Å². The van der Waals surface area contributed by atoms with E-state index < -0.39 is 0 Å². The molecule has 86 valence electrons. The van der Waals surface area contributed by atoms with E-state index in [2.05, 4.69) is 17.9 Å². The molecule has 1 saturated heterocycles. The summed E-state index contributed by atoms with van der Waals surface area (Å²) >= 11 is 0. The first-order valence-corrected chi connectivity index (χ1v) is 6.09. The first-order valence-electron chi connectivity index (χ1n) is 6.09. The third kappa shape index (κ3) is 4.19. The Morgan fingerprint density at radius 3 is 2.87 bits per heavy atom. The zero-order chi connectivity index (χ0) is 11.1. The first kappa shape index (κ1) is 12.5. The molecule has 1 aliphatic rings. The molecule has 1 rings (SSSR count). The van der Waals surface area contributed by atoms with E-state index in [1.54, 1.807) is 0 Å². The quantitative estimate of drug-likeness (QED) is 0.702. The molecule has 1 fully saturated rings. The second kappa shape index (κ2) is 6.81. The number of hydrogen-bond donors (Lipinski definition) is 1. The normalized spacial score (nSPS) is 27.5. The van der Waals surface area contributed by atoms with Crippen molar-refractivity contribution in [2.24, 2.45) is 11.7 Å². The average Bonchev–Trinajstić information content (AvgIpc) is 2.26. The summed E-state index contributed by atoms with van der Waals surface area (Å²) in [5.41, 5.74) is 5.72. The van der Waals surface area contributed by atoms with Gasteiger partial charge in [0.1, 0.15) is 0 Å². The van der Waals surface area contributed by atoms with Crippen molar-refractivity contribution < 1.29 is 0 Å². The van der Waals surface area contributed by atoms with Crippen LogP contribution in [0.1, 0.15) is 39.0 Å². The minimum absolute atomic E-state index is 0.692. The molecule has 0 aromatic rings. The van der Waals surface area contributed by atoms with Gasteiger partial charge < -0.3 is 10.6 Å². The average molecular weight is 209 g/mol. The molecule has 0 aromatic carbocycles. The lowest BCUT2D eigenvalue weighted by atomic mass is 9.93. The van der Waals surface area contributed by atoms with E-state index in [-0.39, 0.29) is 0 Å². The molecule has 1 heterocycles. The van der Waals surface area contributed by atoms with Gasteiger partial charge in [0.2, 0.25) is 0 Å². The lowest BCUT2D eigenvalue weighted by Gasteiger charge is -2.37. The van der Waals surface area contributed by atoms with Crippen LogP contribution in [0.4, 0.5) is 0 Å². The standard InChI is InChI=1S/C12H23N3/c1-11-5-6-12(9-14)10-15(11)8-4-2-3-7-13/h11-12H,2-6,8-10,14H2,1H3. The Balaban J connectivity index is 2.22. The van der Waals surface area contributed by atoms with Gasteiger partial charge in [-0.1, -0.05) is 0 Å². The molecule has 3 heteroatoms. The van der Waals surface area contributed by atoms with Crippen molar-refractivity contribution >= 4 is 0 Å². The zero-order valence-electron chi connectivity index (χ0n) is 9.78. The number of rotatable bonds is 5. The number of hydrogen-bond acceptors (Lipinski definition) is 3. The minimum Gasteiger partial charge on any atom is -0.330 e. The van der Waals surface area contributed by atoms with Gasteiger partial charge in [-0.2, -0.15) is 5.26 Å². The molecule has 0 saturated carbocycles. The summed E-state index contributed by atoms with van der Waals surface area (Å²) in [6, 6.07) is 2.90. The number of nitriles is 1. The monoisotopic (exact) mass is 209 g/mol. The van der Waals surface area contributed by atoms with Gasteiger partial charge in [0.05, 0.1) is 6.07 Å². The summed E-state index contributed by atoms with van der Waals surface area (Å²) in [5.74, 6) is 0.692. The summed E-state index contributed by atoms with van der Waals surface area (Å²) in [4.78, 5) is 2.54. The third-order valence-electron chi connectivity index (χ3n) is 3.43. The molecular weight excluding hydrogens is 186 g/mol. The predicted molar refractivity (Wildman–Crippen MR) is 62.3 cm³/mol. The van der Waals surface area contributed by atoms with Gasteiger partial charge in [0.15, 0.2) is 0 Å². The van der Waals surface area contributed by atoms with Crippen LogP contribution in [0.25, 0.3) is 0 Å². The highest BCUT2D eigenvalue weighted by Gasteiger charge is 2.23. The van der Waals surface area contributed by atoms with E-state index >= 15 is 0 Å². The Bertz CT molecular complexity index is 209. The molecule has 2 N–H and O–H groups in total. The Labute approximate surface area is 93.2 Å². The fraction of sp³-hybridized carbons (Fsp3) is 0.917. The van der Waals surface area contributed by atoms with E-state index in [1.807, 2.05) is 0 Å². The highest BCUT2D eigenvalue weighted by atomic mass is 15.2. The molecule has 0 bridgehead atoms. The molecule has 0 aromatic heterocycles. The Morgan fingerprint density at radius 1 is 1.40 bits per heavy atom. The van der Waals surface area contributed by atoms with Crippen LogP contribution >= 0.6 is 0 Å². The Kier molecular flexibility index (Phi) is 5.67. The molecule has 2 atom stereocenters. The van der Waals surface area contributed by atoms with Crippen molar-refractivity contribution in [2.45, 2.75) is 45.1 Å². The van der Waals surface area contributed by atoms with Crippen molar-refractivity contribution in [1.82, 2.24) is 4.90 Å². The smallest absolute Gasteiger partial charge is 0.0621 e. The minimum atomic E-state index is 0.692. The van der Waals surface area contributed by atoms with Crippen LogP contribution in [0.5, 0.6) is 0 Å². The van der Waals surface area contributed by atoms with E-state index in [0.717, 1.165) is 32.5 Å². The molecule has 0 spiro atoms. The summed E-state index contributed by atoms with van der Waals surface area (Å²) in [5, 5.41) is 8.46. The van der Waals surface area contributed by atoms with Crippen LogP contribution in [0, 0.1) is 17.2 Å². The van der Waals surface area contributed by atoms with Crippen molar-refractivity contribution in [1.29, 1.82) is 5.26 Å². The maximum atomic E-state index is 8.46. The highest BCUT2D eigenvalue weighted by molar-refractivity contribution is 4.79. The predicted octanol–water partition coefficient (Wildman–Crippen LogP) is 1.74. The maximum absolute atomic E-state index is 8.46. The van der Waals surface area contributed by atoms with E-state index in [1.165, 1.54) is 12.8 Å². The fourth-order valence-electron chi connectivity index (χ4n) is 2.29. The lowest BCUT2D eigenvalue weighted by Crippen LogP contribution is -2.44. The van der Waals surface area contributed by atoms with Gasteiger partial charge in [0, 0.05) is 19.0 Å². The summed E-state index contributed by atoms with van der Waals surface area (Å²) in [7, 11) is 0. The lowest BCUT2D eigenvalue weighted by molar-refractivity contribution is 0.119. The fourth-order valence-corrected chi connectivity index (χ4v) is 2.29. The summed E-state index contributed by atoms with van der Waals surface area (Å²) in [6.07, 6.45) is 5.44. The molecule has 1 aliphatic heterocycles. The van der Waals surface area contributed by atoms with Gasteiger partial charge in [-0.15, -0.1) is 0 Å². The first-order chi connectivity index (χ1) is 7.27. The van der Waals surface area contributed by atoms with E-state index in [9.17, 15) is 0 Å². The molecule has 15 heavy (non-hydrogen) atoms. The summed E-state index contributed by atoms with van der Waals surface area (Å²) < 4.78 is 0. The van der Waals surface area contributed by atoms with Crippen molar-refractivity contribution in [3.05, 3.63) is 0 Å². The SMILES string of the molecule is CC1CCC(CN)CN1CCCCC#N. The topological polar surface area (TPSA) is 53.0 Å². The Hall–Kier alpha value is -0.590. The number of likely N-dealkylation sites (tertiary alicyclic amines) is 1. The number of piperidine rings is 1. The molecule has 0 amide bonds. The molecule has 0 radical (unpaired) electrons. The number of nitrogens with zero attached hydrogens (tertiary/aromatic N) is 2. The Morgan fingerprint density at radius 2 is 2.20 bits per heavy atom. The van der Waals surface area contributed by atoms with Gasteiger partial charge in [-0.05, 0) is 51.6 Å². The maximum Gasteiger partial charge on any atom is 0.0621 e. The number of unbranched alkanes of at least 4 members (excludes halogenated alkanes) is 2. The molecule has 2 unspecified atom stereocenters. The van der Waals surface area contributed by atoms with E-state index in [0.29, 0.717) is 18.4 Å². The van der Waals surface area contributed by atoms with Crippen molar-refractivity contribution in [3.8, 4) is 6.07 Å². The zero-order valence-corrected chi connectivity index (χ0v) is 9.78. The van der Waals surface area contributed by atoms with Crippen LogP contribution < -0.4 is 5.73 Å². The summed E-state index contributed by atoms with van der Waals surface area (Å²) in [6.45, 7) is 5.42. The number of nitrogens with two attached hydrogens (primary N) is 1. The van der Waals surface area contributed by atoms with Gasteiger partial charge >= 0.3 is 0 Å². The molecule has 0 aliphatic carbocycles. The second-order valence-corrected chi connectivity index (χ2v) is 4.64. The van der Waals surface area contributed by atoms with Crippen LogP contribution in [0.3, 0.4) is 0 Å².